The molecule has 1 N–H and O–H groups in total. The number of hydrogen-bond acceptors (Lipinski definition) is 4. The molecule has 2 aromatic heterocycles. The summed E-state index contributed by atoms with van der Waals surface area (Å²) in [6, 6.07) is 8.68. The van der Waals surface area contributed by atoms with E-state index >= 15 is 0 Å². The van der Waals surface area contributed by atoms with E-state index in [0.29, 0.717) is 23.6 Å². The Morgan fingerprint density at radius 1 is 1.15 bits per heavy atom. The Morgan fingerprint density at radius 2 is 2.10 bits per heavy atom. The molecule has 0 saturated heterocycles. The lowest BCUT2D eigenvalue weighted by molar-refractivity contribution is 0.508. The topological polar surface area (TPSA) is 55.6 Å². The highest BCUT2D eigenvalue weighted by atomic mass is 19.1. The molecular weight excluding hydrogens is 257 g/mol. The lowest BCUT2D eigenvalue weighted by Crippen LogP contribution is -2.28. The first kappa shape index (κ1) is 11.5. The van der Waals surface area contributed by atoms with Crippen molar-refractivity contribution < 1.29 is 4.39 Å². The molecule has 0 unspecified atom stereocenters. The van der Waals surface area contributed by atoms with E-state index in [1.807, 2.05) is 22.8 Å². The van der Waals surface area contributed by atoms with Crippen molar-refractivity contribution in [2.75, 3.05) is 6.54 Å². The first-order chi connectivity index (χ1) is 9.83. The number of pyridine rings is 1. The van der Waals surface area contributed by atoms with Crippen molar-refractivity contribution in [3.05, 3.63) is 42.0 Å². The van der Waals surface area contributed by atoms with Crippen LogP contribution >= 0.6 is 0 Å². The normalized spacial score (nSPS) is 14.4. The van der Waals surface area contributed by atoms with Crippen LogP contribution in [0.2, 0.25) is 0 Å². The minimum atomic E-state index is -0.315. The van der Waals surface area contributed by atoms with E-state index in [2.05, 4.69) is 20.5 Å². The van der Waals surface area contributed by atoms with Gasteiger partial charge in [0.15, 0.2) is 5.82 Å². The molecule has 20 heavy (non-hydrogen) atoms. The molecule has 3 aromatic rings. The minimum absolute atomic E-state index is 0.315. The van der Waals surface area contributed by atoms with Crippen LogP contribution in [0.3, 0.4) is 0 Å². The standard InChI is InChI=1S/C14H12FN5/c15-10-3-1-2-9-4-5-11(17-13(9)10)14-19-18-12-8-16-6-7-20(12)14/h1-5,16H,6-8H2. The molecule has 4 rings (SSSR count). The molecule has 1 aliphatic rings. The molecule has 0 amide bonds. The molecule has 1 aromatic carbocycles. The highest BCUT2D eigenvalue weighted by molar-refractivity contribution is 5.81. The number of halogens is 1. The van der Waals surface area contributed by atoms with Crippen molar-refractivity contribution in [3.8, 4) is 11.5 Å². The van der Waals surface area contributed by atoms with E-state index < -0.39 is 0 Å². The Morgan fingerprint density at radius 3 is 3.05 bits per heavy atom. The van der Waals surface area contributed by atoms with Gasteiger partial charge in [0.1, 0.15) is 22.9 Å². The Bertz CT molecular complexity index is 795. The van der Waals surface area contributed by atoms with E-state index in [4.69, 9.17) is 0 Å². The van der Waals surface area contributed by atoms with Crippen molar-refractivity contribution in [2.45, 2.75) is 13.1 Å². The molecule has 1 aliphatic heterocycles. The summed E-state index contributed by atoms with van der Waals surface area (Å²) in [6.45, 7) is 2.38. The van der Waals surface area contributed by atoms with Crippen LogP contribution in [0.1, 0.15) is 5.82 Å². The summed E-state index contributed by atoms with van der Waals surface area (Å²) in [5, 5.41) is 12.4. The van der Waals surface area contributed by atoms with Crippen LogP contribution in [0.5, 0.6) is 0 Å². The summed E-state index contributed by atoms with van der Waals surface area (Å²) in [5.74, 6) is 1.28. The second kappa shape index (κ2) is 4.35. The third kappa shape index (κ3) is 1.69. The molecule has 5 nitrogen and oxygen atoms in total. The van der Waals surface area contributed by atoms with E-state index in [0.717, 1.165) is 24.3 Å². The van der Waals surface area contributed by atoms with Crippen LogP contribution in [-0.4, -0.2) is 26.3 Å². The first-order valence-corrected chi connectivity index (χ1v) is 6.51. The molecule has 0 bridgehead atoms. The van der Waals surface area contributed by atoms with Gasteiger partial charge in [0.25, 0.3) is 0 Å². The van der Waals surface area contributed by atoms with Crippen LogP contribution < -0.4 is 5.32 Å². The van der Waals surface area contributed by atoms with E-state index in [-0.39, 0.29) is 5.82 Å². The zero-order valence-electron chi connectivity index (χ0n) is 10.7. The van der Waals surface area contributed by atoms with Crippen LogP contribution in [0, 0.1) is 5.82 Å². The largest absolute Gasteiger partial charge is 0.308 e. The maximum absolute atomic E-state index is 13.8. The third-order valence-electron chi connectivity index (χ3n) is 3.52. The number of rotatable bonds is 1. The van der Waals surface area contributed by atoms with Crippen molar-refractivity contribution in [2.24, 2.45) is 0 Å². The predicted molar refractivity (Wildman–Crippen MR) is 72.4 cm³/mol. The van der Waals surface area contributed by atoms with Crippen LogP contribution in [0.15, 0.2) is 30.3 Å². The summed E-state index contributed by atoms with van der Waals surface area (Å²) in [5.41, 5.74) is 1.03. The van der Waals surface area contributed by atoms with Gasteiger partial charge in [-0.2, -0.15) is 0 Å². The fourth-order valence-electron chi connectivity index (χ4n) is 2.52. The zero-order valence-corrected chi connectivity index (χ0v) is 10.7. The van der Waals surface area contributed by atoms with Crippen molar-refractivity contribution >= 4 is 10.9 Å². The number of aromatic nitrogens is 4. The number of para-hydroxylation sites is 1. The van der Waals surface area contributed by atoms with Gasteiger partial charge in [0.2, 0.25) is 0 Å². The molecule has 0 fully saturated rings. The molecule has 0 aliphatic carbocycles. The van der Waals surface area contributed by atoms with Crippen LogP contribution in [0.25, 0.3) is 22.4 Å². The summed E-state index contributed by atoms with van der Waals surface area (Å²) >= 11 is 0. The highest BCUT2D eigenvalue weighted by Crippen LogP contribution is 2.22. The summed E-state index contributed by atoms with van der Waals surface area (Å²) < 4.78 is 15.9. The maximum Gasteiger partial charge on any atom is 0.182 e. The quantitative estimate of drug-likeness (QED) is 0.731. The van der Waals surface area contributed by atoms with Gasteiger partial charge in [0, 0.05) is 18.5 Å². The van der Waals surface area contributed by atoms with Gasteiger partial charge >= 0.3 is 0 Å². The number of nitrogens with zero attached hydrogens (tertiary/aromatic N) is 4. The first-order valence-electron chi connectivity index (χ1n) is 6.51. The van der Waals surface area contributed by atoms with E-state index in [1.54, 1.807) is 6.07 Å². The van der Waals surface area contributed by atoms with Gasteiger partial charge in [-0.3, -0.25) is 0 Å². The third-order valence-corrected chi connectivity index (χ3v) is 3.52. The Hall–Kier alpha value is -2.34. The van der Waals surface area contributed by atoms with E-state index in [1.165, 1.54) is 6.07 Å². The lowest BCUT2D eigenvalue weighted by Gasteiger charge is -2.15. The van der Waals surface area contributed by atoms with Gasteiger partial charge < -0.3 is 9.88 Å². The molecule has 0 radical (unpaired) electrons. The maximum atomic E-state index is 13.8. The fraction of sp³-hybridized carbons (Fsp3) is 0.214. The smallest absolute Gasteiger partial charge is 0.182 e. The minimum Gasteiger partial charge on any atom is -0.308 e. The average Bonchev–Trinajstić information content (AvgIpc) is 2.91. The van der Waals surface area contributed by atoms with Gasteiger partial charge in [-0.25, -0.2) is 9.37 Å². The van der Waals surface area contributed by atoms with Gasteiger partial charge in [-0.05, 0) is 12.1 Å². The number of fused-ring (bicyclic) bond motifs is 2. The molecule has 0 atom stereocenters. The molecule has 6 heteroatoms. The Labute approximate surface area is 114 Å². The number of nitrogens with one attached hydrogen (secondary N) is 1. The van der Waals surface area contributed by atoms with Crippen molar-refractivity contribution in [1.82, 2.24) is 25.1 Å². The molecular formula is C14H12FN5. The van der Waals surface area contributed by atoms with Gasteiger partial charge in [-0.1, -0.05) is 18.2 Å². The van der Waals surface area contributed by atoms with Crippen molar-refractivity contribution in [3.63, 3.8) is 0 Å². The summed E-state index contributed by atoms with van der Waals surface area (Å²) in [6.07, 6.45) is 0. The molecule has 0 saturated carbocycles. The summed E-state index contributed by atoms with van der Waals surface area (Å²) in [4.78, 5) is 4.41. The molecule has 3 heterocycles. The number of hydrogen-bond donors (Lipinski definition) is 1. The van der Waals surface area contributed by atoms with Crippen LogP contribution in [-0.2, 0) is 13.1 Å². The molecule has 100 valence electrons. The number of benzene rings is 1. The second-order valence-corrected chi connectivity index (χ2v) is 4.78. The van der Waals surface area contributed by atoms with Gasteiger partial charge in [-0.15, -0.1) is 10.2 Å². The van der Waals surface area contributed by atoms with E-state index in [9.17, 15) is 4.39 Å². The van der Waals surface area contributed by atoms with Gasteiger partial charge in [0.05, 0.1) is 6.54 Å². The SMILES string of the molecule is Fc1cccc2ccc(-c3nnc4n3CCNC4)nc12. The average molecular weight is 269 g/mol. The highest BCUT2D eigenvalue weighted by Gasteiger charge is 2.17. The Balaban J connectivity index is 1.90. The molecule has 0 spiro atoms. The van der Waals surface area contributed by atoms with Crippen LogP contribution in [0.4, 0.5) is 4.39 Å². The monoisotopic (exact) mass is 269 g/mol. The lowest BCUT2D eigenvalue weighted by atomic mass is 10.2. The zero-order chi connectivity index (χ0) is 13.5. The second-order valence-electron chi connectivity index (χ2n) is 4.78. The Kier molecular flexibility index (Phi) is 2.50. The predicted octanol–water partition coefficient (Wildman–Crippen LogP) is 1.74. The fourth-order valence-corrected chi connectivity index (χ4v) is 2.52. The summed E-state index contributed by atoms with van der Waals surface area (Å²) in [7, 11) is 0. The van der Waals surface area contributed by atoms with Crippen molar-refractivity contribution in [1.29, 1.82) is 0 Å².